The Balaban J connectivity index is 2.65. The maximum Gasteiger partial charge on any atom is 0.336 e. The summed E-state index contributed by atoms with van der Waals surface area (Å²) in [4.78, 5) is 26.4. The molecular formula is C14H15FN2O3. The lowest BCUT2D eigenvalue weighted by Crippen LogP contribution is -2.49. The van der Waals surface area contributed by atoms with Crippen molar-refractivity contribution in [2.45, 2.75) is 19.4 Å². The van der Waals surface area contributed by atoms with Crippen molar-refractivity contribution in [3.8, 4) is 0 Å². The van der Waals surface area contributed by atoms with Crippen LogP contribution in [-0.2, 0) is 19.9 Å². The van der Waals surface area contributed by atoms with Crippen LogP contribution in [0.1, 0.15) is 19.4 Å². The highest BCUT2D eigenvalue weighted by Gasteiger charge is 2.39. The van der Waals surface area contributed by atoms with Gasteiger partial charge in [0.25, 0.3) is 0 Å². The van der Waals surface area contributed by atoms with Crippen LogP contribution in [0.5, 0.6) is 0 Å². The number of ether oxygens (including phenoxy) is 1. The Morgan fingerprint density at radius 1 is 1.40 bits per heavy atom. The number of methoxy groups -OCH3 is 1. The molecule has 1 heterocycles. The first kappa shape index (κ1) is 14.0. The lowest BCUT2D eigenvalue weighted by Gasteiger charge is -2.27. The molecule has 2 rings (SSSR count). The van der Waals surface area contributed by atoms with E-state index in [4.69, 9.17) is 4.74 Å². The van der Waals surface area contributed by atoms with Gasteiger partial charge in [0.2, 0.25) is 5.91 Å². The fourth-order valence-electron chi connectivity index (χ4n) is 2.29. The monoisotopic (exact) mass is 278 g/mol. The van der Waals surface area contributed by atoms with Gasteiger partial charge in [0.15, 0.2) is 5.54 Å². The van der Waals surface area contributed by atoms with Gasteiger partial charge in [-0.1, -0.05) is 0 Å². The van der Waals surface area contributed by atoms with Crippen molar-refractivity contribution >= 4 is 22.8 Å². The van der Waals surface area contributed by atoms with Crippen LogP contribution in [0, 0.1) is 5.82 Å². The molecule has 0 saturated carbocycles. The molecule has 0 aliphatic heterocycles. The first-order valence-corrected chi connectivity index (χ1v) is 6.02. The fraction of sp³-hybridized carbons (Fsp3) is 0.286. The minimum atomic E-state index is -1.38. The first-order chi connectivity index (χ1) is 9.38. The summed E-state index contributed by atoms with van der Waals surface area (Å²) >= 11 is 0. The second kappa shape index (κ2) is 4.96. The Labute approximate surface area is 115 Å². The third-order valence-corrected chi connectivity index (χ3v) is 3.20. The first-order valence-electron chi connectivity index (χ1n) is 6.02. The van der Waals surface area contributed by atoms with Crippen LogP contribution in [0.25, 0.3) is 10.9 Å². The number of carbonyl (C=O) groups excluding carboxylic acids is 2. The van der Waals surface area contributed by atoms with Crippen LogP contribution in [0.3, 0.4) is 0 Å². The van der Waals surface area contributed by atoms with E-state index in [1.807, 2.05) is 0 Å². The Hall–Kier alpha value is -2.37. The van der Waals surface area contributed by atoms with Crippen molar-refractivity contribution in [3.63, 3.8) is 0 Å². The molecule has 0 spiro atoms. The Kier molecular flexibility index (Phi) is 3.48. The van der Waals surface area contributed by atoms with Gasteiger partial charge in [0.05, 0.1) is 7.11 Å². The summed E-state index contributed by atoms with van der Waals surface area (Å²) < 4.78 is 18.2. The molecule has 0 aliphatic rings. The number of halogens is 1. The third-order valence-electron chi connectivity index (χ3n) is 3.20. The zero-order chi connectivity index (χ0) is 14.9. The van der Waals surface area contributed by atoms with Crippen LogP contribution in [0.2, 0.25) is 0 Å². The summed E-state index contributed by atoms with van der Waals surface area (Å²) in [5, 5.41) is 3.09. The minimum Gasteiger partial charge on any atom is -0.467 e. The van der Waals surface area contributed by atoms with Crippen molar-refractivity contribution in [3.05, 3.63) is 35.8 Å². The Morgan fingerprint density at radius 2 is 2.10 bits per heavy atom. The number of aromatic amines is 1. The normalized spacial score (nSPS) is 13.8. The molecular weight excluding hydrogens is 263 g/mol. The lowest BCUT2D eigenvalue weighted by atomic mass is 9.91. The molecule has 1 amide bonds. The number of hydrogen-bond donors (Lipinski definition) is 2. The van der Waals surface area contributed by atoms with Gasteiger partial charge in [-0.3, -0.25) is 4.79 Å². The molecule has 0 aliphatic carbocycles. The number of fused-ring (bicyclic) bond motifs is 1. The van der Waals surface area contributed by atoms with Crippen LogP contribution in [0.4, 0.5) is 4.39 Å². The number of H-pyrrole nitrogens is 1. The molecule has 106 valence electrons. The van der Waals surface area contributed by atoms with Gasteiger partial charge < -0.3 is 15.0 Å². The maximum atomic E-state index is 13.4. The average Bonchev–Trinajstić information content (AvgIpc) is 2.80. The quantitative estimate of drug-likeness (QED) is 0.841. The van der Waals surface area contributed by atoms with E-state index in [-0.39, 0.29) is 5.91 Å². The van der Waals surface area contributed by atoms with E-state index < -0.39 is 17.3 Å². The molecule has 2 aromatic rings. The number of amides is 1. The van der Waals surface area contributed by atoms with E-state index in [1.54, 1.807) is 12.3 Å². The van der Waals surface area contributed by atoms with Crippen molar-refractivity contribution < 1.29 is 18.7 Å². The Morgan fingerprint density at radius 3 is 2.70 bits per heavy atom. The number of rotatable bonds is 3. The van der Waals surface area contributed by atoms with Crippen LogP contribution in [-0.4, -0.2) is 24.0 Å². The Bertz CT molecular complexity index is 680. The number of hydrogen-bond acceptors (Lipinski definition) is 3. The molecule has 1 aromatic heterocycles. The smallest absolute Gasteiger partial charge is 0.336 e. The van der Waals surface area contributed by atoms with E-state index >= 15 is 0 Å². The highest BCUT2D eigenvalue weighted by Crippen LogP contribution is 2.30. The number of nitrogens with one attached hydrogen (secondary N) is 2. The molecule has 5 nitrogen and oxygen atoms in total. The summed E-state index contributed by atoms with van der Waals surface area (Å²) in [5.74, 6) is -1.44. The number of esters is 1. The lowest BCUT2D eigenvalue weighted by molar-refractivity contribution is -0.150. The molecule has 1 unspecified atom stereocenters. The maximum absolute atomic E-state index is 13.4. The van der Waals surface area contributed by atoms with E-state index in [0.29, 0.717) is 16.5 Å². The number of aromatic nitrogens is 1. The largest absolute Gasteiger partial charge is 0.467 e. The van der Waals surface area contributed by atoms with Gasteiger partial charge in [-0.15, -0.1) is 0 Å². The molecule has 0 radical (unpaired) electrons. The second-order valence-corrected chi connectivity index (χ2v) is 4.69. The van der Waals surface area contributed by atoms with Crippen molar-refractivity contribution in [1.29, 1.82) is 0 Å². The van der Waals surface area contributed by atoms with Gasteiger partial charge >= 0.3 is 5.97 Å². The van der Waals surface area contributed by atoms with Crippen LogP contribution < -0.4 is 5.32 Å². The highest BCUT2D eigenvalue weighted by atomic mass is 19.1. The average molecular weight is 278 g/mol. The molecule has 0 fully saturated rings. The summed E-state index contributed by atoms with van der Waals surface area (Å²) in [7, 11) is 1.23. The van der Waals surface area contributed by atoms with Crippen molar-refractivity contribution in [2.24, 2.45) is 0 Å². The van der Waals surface area contributed by atoms with Crippen LogP contribution in [0.15, 0.2) is 24.4 Å². The highest BCUT2D eigenvalue weighted by molar-refractivity contribution is 5.94. The summed E-state index contributed by atoms with van der Waals surface area (Å²) in [6.07, 6.45) is 1.57. The third kappa shape index (κ3) is 2.24. The molecule has 1 atom stereocenters. The van der Waals surface area contributed by atoms with E-state index in [1.165, 1.54) is 33.1 Å². The van der Waals surface area contributed by atoms with Gasteiger partial charge in [-0.05, 0) is 25.1 Å². The fourth-order valence-corrected chi connectivity index (χ4v) is 2.29. The molecule has 20 heavy (non-hydrogen) atoms. The van der Waals surface area contributed by atoms with E-state index in [0.717, 1.165) is 0 Å². The zero-order valence-corrected chi connectivity index (χ0v) is 11.4. The number of carbonyl (C=O) groups is 2. The van der Waals surface area contributed by atoms with Gasteiger partial charge in [-0.2, -0.15) is 0 Å². The zero-order valence-electron chi connectivity index (χ0n) is 11.4. The molecule has 0 saturated heterocycles. The van der Waals surface area contributed by atoms with Gasteiger partial charge in [0, 0.05) is 29.6 Å². The summed E-state index contributed by atoms with van der Waals surface area (Å²) in [5.41, 5.74) is -0.261. The summed E-state index contributed by atoms with van der Waals surface area (Å²) in [6.45, 7) is 2.82. The summed E-state index contributed by atoms with van der Waals surface area (Å²) in [6, 6.07) is 4.19. The molecule has 1 aromatic carbocycles. The number of benzene rings is 1. The van der Waals surface area contributed by atoms with E-state index in [9.17, 15) is 14.0 Å². The predicted molar refractivity (Wildman–Crippen MR) is 71.4 cm³/mol. The SMILES string of the molecule is COC(=O)C(C)(NC(C)=O)c1c[nH]c2ccc(F)cc12. The molecule has 2 N–H and O–H groups in total. The van der Waals surface area contributed by atoms with Crippen molar-refractivity contribution in [2.75, 3.05) is 7.11 Å². The predicted octanol–water partition coefficient (Wildman–Crippen LogP) is 1.83. The van der Waals surface area contributed by atoms with Gasteiger partial charge in [0.1, 0.15) is 5.82 Å². The van der Waals surface area contributed by atoms with E-state index in [2.05, 4.69) is 10.3 Å². The standard InChI is InChI=1S/C14H15FN2O3/c1-8(18)17-14(2,13(19)20-3)11-7-16-12-5-4-9(15)6-10(11)12/h4-7,16H,1-3H3,(H,17,18). The minimum absolute atomic E-state index is 0.386. The van der Waals surface area contributed by atoms with Crippen LogP contribution >= 0.6 is 0 Å². The van der Waals surface area contributed by atoms with Gasteiger partial charge in [-0.25, -0.2) is 9.18 Å². The topological polar surface area (TPSA) is 71.2 Å². The van der Waals surface area contributed by atoms with Crippen molar-refractivity contribution in [1.82, 2.24) is 10.3 Å². The second-order valence-electron chi connectivity index (χ2n) is 4.69. The molecule has 6 heteroatoms. The molecule has 0 bridgehead atoms.